The summed E-state index contributed by atoms with van der Waals surface area (Å²) in [5.74, 6) is 0.144. The van der Waals surface area contributed by atoms with Gasteiger partial charge in [-0.3, -0.25) is 24.2 Å². The van der Waals surface area contributed by atoms with E-state index in [0.29, 0.717) is 35.4 Å². The Balaban J connectivity index is 1.46. The summed E-state index contributed by atoms with van der Waals surface area (Å²) < 4.78 is 11.5. The molecule has 2 aliphatic rings. The number of methoxy groups -OCH3 is 1. The standard InChI is InChI=1S/C29H35ClN2O6/c1-19(22-6-8-24(30)9-7-22)31(17-20-3-5-23(15-20)29(35)36)18-21-4-10-25(26(16-21)37-2)38-14-13-32-27(33)11-12-28(32)34/h4,6-10,16,19-20,23H,3,5,11-15,17-18H2,1-2H3,(H,35,36)/t19-,20+,23-/m0/s1. The molecule has 0 spiro atoms. The quantitative estimate of drug-likeness (QED) is 0.379. The summed E-state index contributed by atoms with van der Waals surface area (Å²) in [7, 11) is 1.58. The summed E-state index contributed by atoms with van der Waals surface area (Å²) in [6.45, 7) is 3.99. The minimum Gasteiger partial charge on any atom is -0.493 e. The average molecular weight is 543 g/mol. The summed E-state index contributed by atoms with van der Waals surface area (Å²) in [6.07, 6.45) is 2.84. The van der Waals surface area contributed by atoms with Gasteiger partial charge in [-0.25, -0.2) is 0 Å². The second-order valence-electron chi connectivity index (χ2n) is 10.1. The van der Waals surface area contributed by atoms with E-state index in [9.17, 15) is 19.5 Å². The van der Waals surface area contributed by atoms with Crippen molar-refractivity contribution in [3.63, 3.8) is 0 Å². The molecule has 1 saturated carbocycles. The normalized spacial score (nSPS) is 20.3. The number of hydrogen-bond acceptors (Lipinski definition) is 6. The molecule has 2 aromatic carbocycles. The van der Waals surface area contributed by atoms with Crippen LogP contribution in [0.25, 0.3) is 0 Å². The van der Waals surface area contributed by atoms with Crippen molar-refractivity contribution in [2.75, 3.05) is 26.8 Å². The number of carboxylic acids is 1. The molecule has 8 nitrogen and oxygen atoms in total. The lowest BCUT2D eigenvalue weighted by molar-refractivity contribution is -0.142. The van der Waals surface area contributed by atoms with E-state index in [-0.39, 0.29) is 49.8 Å². The number of nitrogens with zero attached hydrogens (tertiary/aromatic N) is 2. The summed E-state index contributed by atoms with van der Waals surface area (Å²) in [4.78, 5) is 38.8. The van der Waals surface area contributed by atoms with Gasteiger partial charge >= 0.3 is 5.97 Å². The largest absolute Gasteiger partial charge is 0.493 e. The molecule has 1 saturated heterocycles. The molecule has 2 amide bonds. The topological polar surface area (TPSA) is 96.4 Å². The van der Waals surface area contributed by atoms with Gasteiger partial charge in [0.05, 0.1) is 19.6 Å². The Labute approximate surface area is 228 Å². The maximum atomic E-state index is 11.8. The lowest BCUT2D eigenvalue weighted by atomic mass is 10.0. The van der Waals surface area contributed by atoms with Gasteiger partial charge in [-0.15, -0.1) is 0 Å². The van der Waals surface area contributed by atoms with E-state index in [1.165, 1.54) is 4.90 Å². The number of amides is 2. The van der Waals surface area contributed by atoms with E-state index in [1.807, 2.05) is 42.5 Å². The van der Waals surface area contributed by atoms with Crippen molar-refractivity contribution in [2.24, 2.45) is 11.8 Å². The first kappa shape index (κ1) is 27.9. The SMILES string of the molecule is COc1cc(CN(C[C@@H]2CC[C@H](C(=O)O)C2)[C@@H](C)c2ccc(Cl)cc2)ccc1OCCN1C(=O)CCC1=O. The predicted molar refractivity (Wildman–Crippen MR) is 143 cm³/mol. The molecule has 204 valence electrons. The zero-order valence-corrected chi connectivity index (χ0v) is 22.7. The number of halogens is 1. The highest BCUT2D eigenvalue weighted by molar-refractivity contribution is 6.30. The van der Waals surface area contributed by atoms with Crippen LogP contribution in [-0.4, -0.2) is 59.5 Å². The Kier molecular flexibility index (Phi) is 9.28. The lowest BCUT2D eigenvalue weighted by Gasteiger charge is -2.32. The Bertz CT molecular complexity index is 1140. The fourth-order valence-electron chi connectivity index (χ4n) is 5.39. The van der Waals surface area contributed by atoms with Crippen LogP contribution in [0.5, 0.6) is 11.5 Å². The van der Waals surface area contributed by atoms with Crippen molar-refractivity contribution < 1.29 is 29.0 Å². The molecular formula is C29H35ClN2O6. The van der Waals surface area contributed by atoms with Gasteiger partial charge in [-0.05, 0) is 67.5 Å². The van der Waals surface area contributed by atoms with E-state index in [4.69, 9.17) is 21.1 Å². The van der Waals surface area contributed by atoms with Crippen molar-refractivity contribution in [1.29, 1.82) is 0 Å². The van der Waals surface area contributed by atoms with E-state index in [0.717, 1.165) is 30.5 Å². The van der Waals surface area contributed by atoms with Crippen LogP contribution in [0.1, 0.15) is 56.2 Å². The van der Waals surface area contributed by atoms with Gasteiger partial charge in [0.1, 0.15) is 6.61 Å². The Morgan fingerprint density at radius 1 is 1.11 bits per heavy atom. The average Bonchev–Trinajstić information content (AvgIpc) is 3.51. The molecule has 0 bridgehead atoms. The molecule has 0 unspecified atom stereocenters. The van der Waals surface area contributed by atoms with Gasteiger partial charge in [0.25, 0.3) is 0 Å². The van der Waals surface area contributed by atoms with Crippen LogP contribution in [0.3, 0.4) is 0 Å². The number of carbonyl (C=O) groups is 3. The van der Waals surface area contributed by atoms with Crippen LogP contribution in [-0.2, 0) is 20.9 Å². The van der Waals surface area contributed by atoms with Gasteiger partial charge in [0, 0.05) is 37.0 Å². The maximum absolute atomic E-state index is 11.8. The highest BCUT2D eigenvalue weighted by Crippen LogP contribution is 2.35. The van der Waals surface area contributed by atoms with Crippen molar-refractivity contribution in [2.45, 2.75) is 51.6 Å². The smallest absolute Gasteiger partial charge is 0.306 e. The van der Waals surface area contributed by atoms with E-state index < -0.39 is 5.97 Å². The molecule has 3 atom stereocenters. The number of hydrogen-bond donors (Lipinski definition) is 1. The van der Waals surface area contributed by atoms with Crippen molar-refractivity contribution in [3.05, 3.63) is 58.6 Å². The lowest BCUT2D eigenvalue weighted by Crippen LogP contribution is -2.33. The van der Waals surface area contributed by atoms with Crippen LogP contribution in [0.2, 0.25) is 5.02 Å². The van der Waals surface area contributed by atoms with Crippen molar-refractivity contribution in [3.8, 4) is 11.5 Å². The zero-order chi connectivity index (χ0) is 27.2. The molecule has 2 aromatic rings. The molecule has 0 radical (unpaired) electrons. The minimum absolute atomic E-state index is 0.0913. The van der Waals surface area contributed by atoms with Gasteiger partial charge < -0.3 is 14.6 Å². The van der Waals surface area contributed by atoms with E-state index >= 15 is 0 Å². The molecule has 9 heteroatoms. The van der Waals surface area contributed by atoms with E-state index in [1.54, 1.807) is 7.11 Å². The number of likely N-dealkylation sites (tertiary alicyclic amines) is 1. The van der Waals surface area contributed by atoms with Crippen LogP contribution in [0, 0.1) is 11.8 Å². The first-order valence-electron chi connectivity index (χ1n) is 13.1. The Morgan fingerprint density at radius 2 is 1.82 bits per heavy atom. The number of aliphatic carboxylic acids is 1. The summed E-state index contributed by atoms with van der Waals surface area (Å²) >= 11 is 6.11. The molecule has 4 rings (SSSR count). The number of rotatable bonds is 12. The Hall–Kier alpha value is -3.10. The molecular weight excluding hydrogens is 508 g/mol. The van der Waals surface area contributed by atoms with Gasteiger partial charge in [0.15, 0.2) is 11.5 Å². The highest BCUT2D eigenvalue weighted by Gasteiger charge is 2.32. The van der Waals surface area contributed by atoms with Gasteiger partial charge in [-0.2, -0.15) is 0 Å². The molecule has 1 aliphatic heterocycles. The third-order valence-electron chi connectivity index (χ3n) is 7.62. The summed E-state index contributed by atoms with van der Waals surface area (Å²) in [6, 6.07) is 13.7. The molecule has 0 aromatic heterocycles. The van der Waals surface area contributed by atoms with Crippen LogP contribution in [0.15, 0.2) is 42.5 Å². The van der Waals surface area contributed by atoms with Crippen molar-refractivity contribution >= 4 is 29.4 Å². The Morgan fingerprint density at radius 3 is 2.45 bits per heavy atom. The third kappa shape index (κ3) is 6.85. The van der Waals surface area contributed by atoms with Gasteiger partial charge in [-0.1, -0.05) is 29.8 Å². The predicted octanol–water partition coefficient (Wildman–Crippen LogP) is 4.94. The monoisotopic (exact) mass is 542 g/mol. The number of carbonyl (C=O) groups excluding carboxylic acids is 2. The first-order chi connectivity index (χ1) is 18.2. The maximum Gasteiger partial charge on any atom is 0.306 e. The second kappa shape index (κ2) is 12.6. The molecule has 1 aliphatic carbocycles. The zero-order valence-electron chi connectivity index (χ0n) is 21.9. The minimum atomic E-state index is -0.705. The van der Waals surface area contributed by atoms with Crippen LogP contribution >= 0.6 is 11.6 Å². The van der Waals surface area contributed by atoms with Gasteiger partial charge in [0.2, 0.25) is 11.8 Å². The summed E-state index contributed by atoms with van der Waals surface area (Å²) in [5.41, 5.74) is 2.17. The first-order valence-corrected chi connectivity index (χ1v) is 13.5. The summed E-state index contributed by atoms with van der Waals surface area (Å²) in [5, 5.41) is 10.1. The van der Waals surface area contributed by atoms with Crippen molar-refractivity contribution in [1.82, 2.24) is 9.80 Å². The van der Waals surface area contributed by atoms with Crippen LogP contribution in [0.4, 0.5) is 0 Å². The molecule has 1 heterocycles. The molecule has 2 fully saturated rings. The highest BCUT2D eigenvalue weighted by atomic mass is 35.5. The number of carboxylic acid groups (broad SMARTS) is 1. The molecule has 1 N–H and O–H groups in total. The fraction of sp³-hybridized carbons (Fsp3) is 0.483. The number of imide groups is 1. The molecule has 38 heavy (non-hydrogen) atoms. The van der Waals surface area contributed by atoms with Crippen LogP contribution < -0.4 is 9.47 Å². The number of ether oxygens (including phenoxy) is 2. The third-order valence-corrected chi connectivity index (χ3v) is 7.88. The second-order valence-corrected chi connectivity index (χ2v) is 10.6. The fourth-order valence-corrected chi connectivity index (χ4v) is 5.52. The number of benzene rings is 2. The van der Waals surface area contributed by atoms with E-state index in [2.05, 4.69) is 11.8 Å².